The Balaban J connectivity index is 1.98. The summed E-state index contributed by atoms with van der Waals surface area (Å²) in [6, 6.07) is 15.7. The molecule has 0 amide bonds. The molecule has 0 radical (unpaired) electrons. The predicted octanol–water partition coefficient (Wildman–Crippen LogP) is 3.34. The van der Waals surface area contributed by atoms with E-state index in [0.717, 1.165) is 11.3 Å². The number of nitriles is 1. The first kappa shape index (κ1) is 12.9. The molecule has 4 heteroatoms. The number of nitrogens with zero attached hydrogens (tertiary/aromatic N) is 1. The molecule has 0 atom stereocenters. The van der Waals surface area contributed by atoms with Crippen LogP contribution < -0.4 is 10.1 Å². The second kappa shape index (κ2) is 6.41. The van der Waals surface area contributed by atoms with Crippen molar-refractivity contribution in [3.63, 3.8) is 0 Å². The van der Waals surface area contributed by atoms with Crippen molar-refractivity contribution in [2.24, 2.45) is 0 Å². The standard InChI is InChI=1S/C15H13FN2O/c16-13-4-2-5-14(10-13)18-11-12-3-1-6-15(9-12)19-8-7-17/h1-6,9-10,18H,8,11H2. The van der Waals surface area contributed by atoms with Crippen molar-refractivity contribution >= 4 is 5.69 Å². The molecule has 0 saturated heterocycles. The van der Waals surface area contributed by atoms with Gasteiger partial charge in [-0.2, -0.15) is 5.26 Å². The van der Waals surface area contributed by atoms with E-state index in [-0.39, 0.29) is 12.4 Å². The van der Waals surface area contributed by atoms with Crippen LogP contribution in [0.1, 0.15) is 5.56 Å². The van der Waals surface area contributed by atoms with Gasteiger partial charge < -0.3 is 10.1 Å². The molecule has 0 bridgehead atoms. The summed E-state index contributed by atoms with van der Waals surface area (Å²) in [5.74, 6) is 0.385. The van der Waals surface area contributed by atoms with Crippen LogP contribution in [0.25, 0.3) is 0 Å². The third-order valence-electron chi connectivity index (χ3n) is 2.52. The summed E-state index contributed by atoms with van der Waals surface area (Å²) >= 11 is 0. The van der Waals surface area contributed by atoms with Crippen LogP contribution in [0, 0.1) is 17.1 Å². The molecule has 19 heavy (non-hydrogen) atoms. The van der Waals surface area contributed by atoms with Gasteiger partial charge in [0.15, 0.2) is 6.61 Å². The van der Waals surface area contributed by atoms with Gasteiger partial charge >= 0.3 is 0 Å². The summed E-state index contributed by atoms with van der Waals surface area (Å²) in [4.78, 5) is 0. The number of nitrogens with one attached hydrogen (secondary N) is 1. The van der Waals surface area contributed by atoms with Crippen molar-refractivity contribution in [1.29, 1.82) is 5.26 Å². The molecule has 2 aromatic rings. The molecule has 0 unspecified atom stereocenters. The predicted molar refractivity (Wildman–Crippen MR) is 71.3 cm³/mol. The normalized spacial score (nSPS) is 9.68. The lowest BCUT2D eigenvalue weighted by atomic mass is 10.2. The maximum absolute atomic E-state index is 13.0. The number of hydrogen-bond donors (Lipinski definition) is 1. The average Bonchev–Trinajstić information content (AvgIpc) is 2.43. The van der Waals surface area contributed by atoms with Gasteiger partial charge in [-0.1, -0.05) is 18.2 Å². The Morgan fingerprint density at radius 1 is 1.16 bits per heavy atom. The van der Waals surface area contributed by atoms with E-state index >= 15 is 0 Å². The summed E-state index contributed by atoms with van der Waals surface area (Å²) in [6.07, 6.45) is 0. The van der Waals surface area contributed by atoms with Crippen molar-refractivity contribution in [2.75, 3.05) is 11.9 Å². The third kappa shape index (κ3) is 4.00. The van der Waals surface area contributed by atoms with Crippen LogP contribution in [-0.4, -0.2) is 6.61 Å². The fraction of sp³-hybridized carbons (Fsp3) is 0.133. The second-order valence-corrected chi connectivity index (χ2v) is 3.96. The van der Waals surface area contributed by atoms with Gasteiger partial charge in [0.1, 0.15) is 17.6 Å². The number of rotatable bonds is 5. The molecule has 0 aromatic heterocycles. The van der Waals surface area contributed by atoms with Gasteiger partial charge in [-0.25, -0.2) is 4.39 Å². The summed E-state index contributed by atoms with van der Waals surface area (Å²) in [5.41, 5.74) is 1.73. The Bertz CT molecular complexity index is 593. The highest BCUT2D eigenvalue weighted by atomic mass is 19.1. The molecule has 0 saturated carbocycles. The average molecular weight is 256 g/mol. The Hall–Kier alpha value is -2.54. The molecule has 1 N–H and O–H groups in total. The van der Waals surface area contributed by atoms with Crippen molar-refractivity contribution in [1.82, 2.24) is 0 Å². The molecular formula is C15H13FN2O. The van der Waals surface area contributed by atoms with Crippen LogP contribution >= 0.6 is 0 Å². The fourth-order valence-electron chi connectivity index (χ4n) is 1.66. The minimum Gasteiger partial charge on any atom is -0.479 e. The molecular weight excluding hydrogens is 243 g/mol. The van der Waals surface area contributed by atoms with Crippen LogP contribution in [0.4, 0.5) is 10.1 Å². The van der Waals surface area contributed by atoms with Crippen molar-refractivity contribution in [2.45, 2.75) is 6.54 Å². The summed E-state index contributed by atoms with van der Waals surface area (Å²) in [7, 11) is 0. The lowest BCUT2D eigenvalue weighted by Gasteiger charge is -2.08. The van der Waals surface area contributed by atoms with Gasteiger partial charge in [0, 0.05) is 12.2 Å². The molecule has 0 aliphatic rings. The van der Waals surface area contributed by atoms with E-state index in [9.17, 15) is 4.39 Å². The highest BCUT2D eigenvalue weighted by Crippen LogP contribution is 2.15. The van der Waals surface area contributed by atoms with E-state index in [2.05, 4.69) is 5.32 Å². The monoisotopic (exact) mass is 256 g/mol. The summed E-state index contributed by atoms with van der Waals surface area (Å²) < 4.78 is 18.2. The summed E-state index contributed by atoms with van der Waals surface area (Å²) in [6.45, 7) is 0.591. The van der Waals surface area contributed by atoms with Crippen LogP contribution in [0.3, 0.4) is 0 Å². The molecule has 2 rings (SSSR count). The largest absolute Gasteiger partial charge is 0.479 e. The van der Waals surface area contributed by atoms with Gasteiger partial charge in [-0.15, -0.1) is 0 Å². The van der Waals surface area contributed by atoms with Gasteiger partial charge in [0.05, 0.1) is 0 Å². The number of benzene rings is 2. The van der Waals surface area contributed by atoms with Gasteiger partial charge in [0.25, 0.3) is 0 Å². The van der Waals surface area contributed by atoms with E-state index < -0.39 is 0 Å². The molecule has 2 aromatic carbocycles. The van der Waals surface area contributed by atoms with E-state index in [1.807, 2.05) is 24.3 Å². The lowest BCUT2D eigenvalue weighted by Crippen LogP contribution is -2.00. The molecule has 3 nitrogen and oxygen atoms in total. The fourth-order valence-corrected chi connectivity index (χ4v) is 1.66. The van der Waals surface area contributed by atoms with E-state index in [1.54, 1.807) is 18.2 Å². The summed E-state index contributed by atoms with van der Waals surface area (Å²) in [5, 5.41) is 11.6. The molecule has 0 fully saturated rings. The molecule has 0 spiro atoms. The zero-order chi connectivity index (χ0) is 13.5. The molecule has 96 valence electrons. The molecule has 0 heterocycles. The Morgan fingerprint density at radius 2 is 2.00 bits per heavy atom. The quantitative estimate of drug-likeness (QED) is 0.892. The Labute approximate surface area is 111 Å². The van der Waals surface area contributed by atoms with Crippen molar-refractivity contribution < 1.29 is 9.13 Å². The Kier molecular flexibility index (Phi) is 4.35. The van der Waals surface area contributed by atoms with Gasteiger partial charge in [0.2, 0.25) is 0 Å². The third-order valence-corrected chi connectivity index (χ3v) is 2.52. The smallest absolute Gasteiger partial charge is 0.174 e. The lowest BCUT2D eigenvalue weighted by molar-refractivity contribution is 0.368. The zero-order valence-corrected chi connectivity index (χ0v) is 10.3. The van der Waals surface area contributed by atoms with Crippen molar-refractivity contribution in [3.8, 4) is 11.8 Å². The number of ether oxygens (including phenoxy) is 1. The zero-order valence-electron chi connectivity index (χ0n) is 10.3. The SMILES string of the molecule is N#CCOc1cccc(CNc2cccc(F)c2)c1. The molecule has 0 aliphatic heterocycles. The highest BCUT2D eigenvalue weighted by molar-refractivity contribution is 5.44. The second-order valence-electron chi connectivity index (χ2n) is 3.96. The van der Waals surface area contributed by atoms with E-state index in [0.29, 0.717) is 12.3 Å². The number of hydrogen-bond acceptors (Lipinski definition) is 3. The van der Waals surface area contributed by atoms with Crippen molar-refractivity contribution in [3.05, 3.63) is 59.9 Å². The van der Waals surface area contributed by atoms with Gasteiger partial charge in [-0.3, -0.25) is 0 Å². The first-order valence-electron chi connectivity index (χ1n) is 5.86. The first-order valence-corrected chi connectivity index (χ1v) is 5.86. The number of halogens is 1. The number of anilines is 1. The van der Waals surface area contributed by atoms with Crippen LogP contribution in [-0.2, 0) is 6.54 Å². The topological polar surface area (TPSA) is 45.0 Å². The van der Waals surface area contributed by atoms with E-state index in [1.165, 1.54) is 12.1 Å². The van der Waals surface area contributed by atoms with Crippen LogP contribution in [0.5, 0.6) is 5.75 Å². The van der Waals surface area contributed by atoms with Gasteiger partial charge in [-0.05, 0) is 35.9 Å². The van der Waals surface area contributed by atoms with Crippen LogP contribution in [0.15, 0.2) is 48.5 Å². The minimum atomic E-state index is -0.267. The Morgan fingerprint density at radius 3 is 2.79 bits per heavy atom. The van der Waals surface area contributed by atoms with E-state index in [4.69, 9.17) is 10.00 Å². The highest BCUT2D eigenvalue weighted by Gasteiger charge is 1.98. The maximum Gasteiger partial charge on any atom is 0.174 e. The minimum absolute atomic E-state index is 0.0286. The molecule has 0 aliphatic carbocycles. The maximum atomic E-state index is 13.0. The first-order chi connectivity index (χ1) is 9.28. The van der Waals surface area contributed by atoms with Crippen LogP contribution in [0.2, 0.25) is 0 Å².